The third-order valence-corrected chi connectivity index (χ3v) is 4.94. The van der Waals surface area contributed by atoms with Crippen molar-refractivity contribution < 1.29 is 35.1 Å². The average molecular weight is 423 g/mol. The molecule has 0 fully saturated rings. The summed E-state index contributed by atoms with van der Waals surface area (Å²) in [5.41, 5.74) is -1.94. The quantitative estimate of drug-likeness (QED) is 0.326. The number of carbonyl (C=O) groups is 2. The maximum atomic E-state index is 11.1. The summed E-state index contributed by atoms with van der Waals surface area (Å²) in [6.45, 7) is 0. The highest BCUT2D eigenvalue weighted by atomic mass is 35.5. The predicted molar refractivity (Wildman–Crippen MR) is 100 cm³/mol. The zero-order valence-corrected chi connectivity index (χ0v) is 16.2. The van der Waals surface area contributed by atoms with Crippen LogP contribution < -0.4 is 0 Å². The van der Waals surface area contributed by atoms with E-state index in [1.165, 1.54) is 0 Å². The molecule has 0 aromatic heterocycles. The highest BCUT2D eigenvalue weighted by Gasteiger charge is 2.48. The Hall–Kier alpha value is -1.38. The molecule has 152 valence electrons. The number of unbranched alkanes of at least 4 members (excludes halogenated alkanes) is 3. The molecule has 0 spiro atoms. The molecule has 1 rings (SSSR count). The van der Waals surface area contributed by atoms with Gasteiger partial charge in [-0.05, 0) is 37.0 Å². The van der Waals surface area contributed by atoms with Crippen molar-refractivity contribution in [2.45, 2.75) is 62.8 Å². The van der Waals surface area contributed by atoms with Gasteiger partial charge in [-0.25, -0.2) is 9.59 Å². The van der Waals surface area contributed by atoms with Crippen molar-refractivity contribution >= 4 is 35.1 Å². The Morgan fingerprint density at radius 1 is 1.04 bits per heavy atom. The molecule has 0 aliphatic heterocycles. The second kappa shape index (κ2) is 10.8. The van der Waals surface area contributed by atoms with E-state index >= 15 is 0 Å². The van der Waals surface area contributed by atoms with Crippen LogP contribution in [-0.4, -0.2) is 55.3 Å². The molecular formula is C18H24Cl2O7. The van der Waals surface area contributed by atoms with Crippen molar-refractivity contribution in [3.8, 4) is 0 Å². The highest BCUT2D eigenvalue weighted by Crippen LogP contribution is 2.24. The number of hydrogen-bond donors (Lipinski definition) is 5. The van der Waals surface area contributed by atoms with Crippen LogP contribution in [0.4, 0.5) is 0 Å². The fourth-order valence-electron chi connectivity index (χ4n) is 2.75. The van der Waals surface area contributed by atoms with Crippen molar-refractivity contribution in [3.63, 3.8) is 0 Å². The fourth-order valence-corrected chi connectivity index (χ4v) is 3.26. The summed E-state index contributed by atoms with van der Waals surface area (Å²) >= 11 is 11.9. The first-order valence-electron chi connectivity index (χ1n) is 8.56. The Labute approximate surface area is 167 Å². The number of aliphatic hydroxyl groups is 3. The van der Waals surface area contributed by atoms with Crippen molar-refractivity contribution in [3.05, 3.63) is 33.8 Å². The molecule has 0 bridgehead atoms. The Morgan fingerprint density at radius 3 is 2.22 bits per heavy atom. The molecule has 5 N–H and O–H groups in total. The van der Waals surface area contributed by atoms with Gasteiger partial charge in [0.2, 0.25) is 5.60 Å². The molecule has 0 radical (unpaired) electrons. The minimum Gasteiger partial charge on any atom is -0.479 e. The summed E-state index contributed by atoms with van der Waals surface area (Å²) in [4.78, 5) is 21.8. The van der Waals surface area contributed by atoms with Crippen molar-refractivity contribution in [1.82, 2.24) is 0 Å². The van der Waals surface area contributed by atoms with Crippen LogP contribution in [0.25, 0.3) is 0 Å². The minimum absolute atomic E-state index is 0.184. The topological polar surface area (TPSA) is 135 Å². The monoisotopic (exact) mass is 422 g/mol. The van der Waals surface area contributed by atoms with Gasteiger partial charge in [0.05, 0.1) is 6.10 Å². The van der Waals surface area contributed by atoms with Crippen LogP contribution in [0, 0.1) is 0 Å². The predicted octanol–water partition coefficient (Wildman–Crippen LogP) is 2.50. The molecule has 0 saturated heterocycles. The molecule has 0 unspecified atom stereocenters. The van der Waals surface area contributed by atoms with E-state index in [0.717, 1.165) is 31.2 Å². The molecule has 0 aliphatic carbocycles. The minimum atomic E-state index is -2.93. The number of aryl methyl sites for hydroxylation is 1. The molecular weight excluding hydrogens is 399 g/mol. The van der Waals surface area contributed by atoms with Gasteiger partial charge in [-0.15, -0.1) is 0 Å². The first-order chi connectivity index (χ1) is 12.6. The van der Waals surface area contributed by atoms with Crippen LogP contribution in [0.2, 0.25) is 10.0 Å². The van der Waals surface area contributed by atoms with Gasteiger partial charge in [0.25, 0.3) is 0 Å². The van der Waals surface area contributed by atoms with Crippen LogP contribution in [0.5, 0.6) is 0 Å². The zero-order valence-electron chi connectivity index (χ0n) is 14.6. The number of aliphatic hydroxyl groups excluding tert-OH is 2. The number of carboxylic acids is 2. The molecule has 0 saturated carbocycles. The van der Waals surface area contributed by atoms with Crippen molar-refractivity contribution in [1.29, 1.82) is 0 Å². The number of carboxylic acid groups (broad SMARTS) is 2. The summed E-state index contributed by atoms with van der Waals surface area (Å²) < 4.78 is 0. The molecule has 1 aromatic carbocycles. The number of hydrogen-bond acceptors (Lipinski definition) is 5. The Kier molecular flexibility index (Phi) is 9.49. The van der Waals surface area contributed by atoms with Gasteiger partial charge in [0.1, 0.15) is 0 Å². The highest BCUT2D eigenvalue weighted by molar-refractivity contribution is 6.35. The number of aliphatic carboxylic acids is 2. The number of halogens is 2. The van der Waals surface area contributed by atoms with Crippen LogP contribution >= 0.6 is 23.2 Å². The fraction of sp³-hybridized carbons (Fsp3) is 0.556. The third kappa shape index (κ3) is 7.27. The lowest BCUT2D eigenvalue weighted by Crippen LogP contribution is -2.55. The summed E-state index contributed by atoms with van der Waals surface area (Å²) in [5, 5.41) is 48.1. The number of rotatable bonds is 12. The molecule has 0 heterocycles. The largest absolute Gasteiger partial charge is 0.479 e. The Bertz CT molecular complexity index is 653. The molecule has 9 heteroatoms. The van der Waals surface area contributed by atoms with Gasteiger partial charge >= 0.3 is 11.9 Å². The molecule has 3 atom stereocenters. The van der Waals surface area contributed by atoms with Gasteiger partial charge < -0.3 is 25.5 Å². The lowest BCUT2D eigenvalue weighted by atomic mass is 9.88. The van der Waals surface area contributed by atoms with Crippen LogP contribution in [-0.2, 0) is 16.0 Å². The Morgan fingerprint density at radius 2 is 1.67 bits per heavy atom. The van der Waals surface area contributed by atoms with Gasteiger partial charge in [-0.2, -0.15) is 0 Å². The van der Waals surface area contributed by atoms with Gasteiger partial charge in [-0.3, -0.25) is 0 Å². The van der Waals surface area contributed by atoms with E-state index in [0.29, 0.717) is 16.5 Å². The summed E-state index contributed by atoms with van der Waals surface area (Å²) in [6, 6.07) is 5.33. The van der Waals surface area contributed by atoms with Crippen molar-refractivity contribution in [2.24, 2.45) is 0 Å². The Balaban J connectivity index is 2.34. The number of benzene rings is 1. The molecule has 0 amide bonds. The maximum Gasteiger partial charge on any atom is 0.339 e. The van der Waals surface area contributed by atoms with Gasteiger partial charge in [0, 0.05) is 16.5 Å². The van der Waals surface area contributed by atoms with Crippen LogP contribution in [0.1, 0.15) is 44.1 Å². The maximum absolute atomic E-state index is 11.1. The van der Waals surface area contributed by atoms with E-state index in [1.54, 1.807) is 12.1 Å². The second-order valence-electron chi connectivity index (χ2n) is 6.52. The van der Waals surface area contributed by atoms with E-state index in [9.17, 15) is 24.9 Å². The smallest absolute Gasteiger partial charge is 0.339 e. The third-order valence-electron chi connectivity index (χ3n) is 4.35. The molecule has 1 aromatic rings. The van der Waals surface area contributed by atoms with Crippen LogP contribution in [0.3, 0.4) is 0 Å². The summed E-state index contributed by atoms with van der Waals surface area (Å²) in [6.07, 6.45) is -0.522. The molecule has 7 nitrogen and oxygen atoms in total. The normalized spacial score (nSPS) is 15.7. The SMILES string of the molecule is O=C(O)[C@@H](O)[C@@](O)(C[C@H](O)CCCCCCc1ccc(Cl)cc1Cl)C(=O)O. The standard InChI is InChI=1S/C18H24Cl2O7/c19-12-8-7-11(14(20)9-12)5-3-1-2-4-6-13(21)10-18(27,17(25)26)15(22)16(23)24/h7-9,13,15,21-22,27H,1-6,10H2,(H,23,24)(H,25,26)/t13-,15-,18+/m1/s1. The zero-order chi connectivity index (χ0) is 20.6. The molecule has 0 aliphatic rings. The van der Waals surface area contributed by atoms with Gasteiger partial charge in [0.15, 0.2) is 6.10 Å². The molecule has 27 heavy (non-hydrogen) atoms. The van der Waals surface area contributed by atoms with E-state index in [2.05, 4.69) is 0 Å². The van der Waals surface area contributed by atoms with E-state index in [1.807, 2.05) is 6.07 Å². The second-order valence-corrected chi connectivity index (χ2v) is 7.36. The summed E-state index contributed by atoms with van der Waals surface area (Å²) in [7, 11) is 0. The van der Waals surface area contributed by atoms with E-state index in [4.69, 9.17) is 33.4 Å². The summed E-state index contributed by atoms with van der Waals surface area (Å²) in [5.74, 6) is -3.76. The lowest BCUT2D eigenvalue weighted by molar-refractivity contribution is -0.187. The first-order valence-corrected chi connectivity index (χ1v) is 9.32. The van der Waals surface area contributed by atoms with Crippen molar-refractivity contribution in [2.75, 3.05) is 0 Å². The average Bonchev–Trinajstić information content (AvgIpc) is 2.58. The van der Waals surface area contributed by atoms with E-state index < -0.39 is 36.2 Å². The van der Waals surface area contributed by atoms with Gasteiger partial charge in [-0.1, -0.05) is 48.5 Å². The van der Waals surface area contributed by atoms with E-state index in [-0.39, 0.29) is 6.42 Å². The van der Waals surface area contributed by atoms with Crippen LogP contribution in [0.15, 0.2) is 18.2 Å². The first kappa shape index (κ1) is 23.7. The lowest BCUT2D eigenvalue weighted by Gasteiger charge is -2.28.